The van der Waals surface area contributed by atoms with Crippen molar-refractivity contribution in [3.05, 3.63) is 39.9 Å². The summed E-state index contributed by atoms with van der Waals surface area (Å²) in [7, 11) is 0. The maximum Gasteiger partial charge on any atom is 0.340 e. The molecule has 17 heavy (non-hydrogen) atoms. The summed E-state index contributed by atoms with van der Waals surface area (Å²) in [4.78, 5) is 31.6. The van der Waals surface area contributed by atoms with Crippen molar-refractivity contribution >= 4 is 17.5 Å². The molecule has 0 bridgehead atoms. The van der Waals surface area contributed by atoms with Gasteiger partial charge in [0.05, 0.1) is 4.92 Å². The van der Waals surface area contributed by atoms with Gasteiger partial charge < -0.3 is 0 Å². The van der Waals surface area contributed by atoms with Crippen LogP contribution in [0.2, 0.25) is 0 Å². The van der Waals surface area contributed by atoms with Gasteiger partial charge in [0.15, 0.2) is 6.07 Å². The van der Waals surface area contributed by atoms with Crippen LogP contribution in [0, 0.1) is 21.4 Å². The molecular weight excluding hydrogens is 228 g/mol. The van der Waals surface area contributed by atoms with Gasteiger partial charge in [0, 0.05) is 17.7 Å². The van der Waals surface area contributed by atoms with Crippen LogP contribution in [0.3, 0.4) is 0 Å². The molecule has 2 N–H and O–H groups in total. The first-order valence-electron chi connectivity index (χ1n) is 4.29. The molecule has 1 aromatic carbocycles. The number of carbonyl (C=O) groups is 2. The molecule has 8 nitrogen and oxygen atoms in total. The Bertz CT molecular complexity index is 503. The molecule has 0 aliphatic rings. The number of nitrogens with zero attached hydrogens (tertiary/aromatic N) is 2. The Labute approximate surface area is 95.0 Å². The topological polar surface area (TPSA) is 125 Å². The average molecular weight is 234 g/mol. The van der Waals surface area contributed by atoms with Crippen molar-refractivity contribution in [1.29, 1.82) is 5.26 Å². The van der Waals surface area contributed by atoms with Gasteiger partial charge in [0.2, 0.25) is 0 Å². The minimum Gasteiger partial charge on any atom is -0.267 e. The van der Waals surface area contributed by atoms with Crippen molar-refractivity contribution in [1.82, 2.24) is 10.9 Å². The predicted octanol–water partition coefficient (Wildman–Crippen LogP) is -0.121. The van der Waals surface area contributed by atoms with Gasteiger partial charge in [-0.1, -0.05) is 0 Å². The number of nitriles is 1. The molecule has 0 saturated carbocycles. The van der Waals surface area contributed by atoms with E-state index in [2.05, 4.69) is 0 Å². The van der Waals surface area contributed by atoms with E-state index in [4.69, 9.17) is 5.26 Å². The van der Waals surface area contributed by atoms with Crippen LogP contribution in [0.25, 0.3) is 0 Å². The van der Waals surface area contributed by atoms with Crippen molar-refractivity contribution in [2.45, 2.75) is 0 Å². The van der Waals surface area contributed by atoms with E-state index in [0.29, 0.717) is 0 Å². The van der Waals surface area contributed by atoms with Crippen molar-refractivity contribution in [3.8, 4) is 6.07 Å². The third kappa shape index (κ3) is 3.28. The molecular formula is C9H6N4O4. The lowest BCUT2D eigenvalue weighted by Crippen LogP contribution is -2.40. The Hall–Kier alpha value is -2.95. The highest BCUT2D eigenvalue weighted by Crippen LogP contribution is 2.11. The minimum atomic E-state index is -1.01. The van der Waals surface area contributed by atoms with Crippen molar-refractivity contribution in [3.63, 3.8) is 0 Å². The zero-order valence-corrected chi connectivity index (χ0v) is 8.34. The Balaban J connectivity index is 2.68. The number of nitro groups is 1. The highest BCUT2D eigenvalue weighted by Gasteiger charge is 2.09. The summed E-state index contributed by atoms with van der Waals surface area (Å²) >= 11 is 0. The second-order valence-electron chi connectivity index (χ2n) is 2.82. The van der Waals surface area contributed by atoms with Crippen LogP contribution < -0.4 is 10.9 Å². The fourth-order valence-corrected chi connectivity index (χ4v) is 0.948. The number of hydrazine groups is 1. The van der Waals surface area contributed by atoms with E-state index in [-0.39, 0.29) is 11.3 Å². The average Bonchev–Trinajstić information content (AvgIpc) is 2.35. The molecule has 0 aromatic heterocycles. The summed E-state index contributed by atoms with van der Waals surface area (Å²) in [6, 6.07) is 6.01. The number of nitrogens with one attached hydrogen (secondary N) is 2. The summed E-state index contributed by atoms with van der Waals surface area (Å²) in [6.45, 7) is 0. The third-order valence-corrected chi connectivity index (χ3v) is 1.73. The predicted molar refractivity (Wildman–Crippen MR) is 54.3 cm³/mol. The van der Waals surface area contributed by atoms with E-state index in [1.807, 2.05) is 10.9 Å². The summed E-state index contributed by atoms with van der Waals surface area (Å²) in [5.41, 5.74) is 3.77. The standard InChI is InChI=1S/C9H6N4O4/c10-5-8(14)11-12-9(15)6-1-3-7(4-2-6)13(16)17/h1-4H,(H,11,14)(H,12,15). The molecule has 2 amide bonds. The van der Waals surface area contributed by atoms with Gasteiger partial charge in [-0.3, -0.25) is 30.6 Å². The van der Waals surface area contributed by atoms with Crippen LogP contribution in [0.1, 0.15) is 10.4 Å². The lowest BCUT2D eigenvalue weighted by Gasteiger charge is -2.03. The number of non-ortho nitro benzene ring substituents is 1. The van der Waals surface area contributed by atoms with E-state index < -0.39 is 16.7 Å². The van der Waals surface area contributed by atoms with Crippen LogP contribution in [0.4, 0.5) is 5.69 Å². The van der Waals surface area contributed by atoms with Crippen LogP contribution in [-0.2, 0) is 4.79 Å². The van der Waals surface area contributed by atoms with E-state index in [9.17, 15) is 19.7 Å². The van der Waals surface area contributed by atoms with Gasteiger partial charge in [0.25, 0.3) is 11.6 Å². The lowest BCUT2D eigenvalue weighted by molar-refractivity contribution is -0.384. The highest BCUT2D eigenvalue weighted by atomic mass is 16.6. The van der Waals surface area contributed by atoms with Crippen molar-refractivity contribution in [2.24, 2.45) is 0 Å². The zero-order valence-electron chi connectivity index (χ0n) is 8.34. The first-order chi connectivity index (χ1) is 8.04. The monoisotopic (exact) mass is 234 g/mol. The van der Waals surface area contributed by atoms with E-state index >= 15 is 0 Å². The Morgan fingerprint density at radius 3 is 2.29 bits per heavy atom. The maximum absolute atomic E-state index is 11.3. The second kappa shape index (κ2) is 5.22. The van der Waals surface area contributed by atoms with Gasteiger partial charge in [-0.05, 0) is 12.1 Å². The number of rotatable bonds is 2. The number of amides is 2. The third-order valence-electron chi connectivity index (χ3n) is 1.73. The van der Waals surface area contributed by atoms with Gasteiger partial charge in [-0.2, -0.15) is 5.26 Å². The number of nitro benzene ring substituents is 1. The quantitative estimate of drug-likeness (QED) is 0.419. The molecule has 0 unspecified atom stereocenters. The first-order valence-corrected chi connectivity index (χ1v) is 4.29. The molecule has 1 rings (SSSR count). The van der Waals surface area contributed by atoms with Crippen LogP contribution in [0.5, 0.6) is 0 Å². The Morgan fingerprint density at radius 1 is 1.24 bits per heavy atom. The SMILES string of the molecule is N#CC(=O)NNC(=O)c1ccc([N+](=O)[O-])cc1. The number of hydrogen-bond donors (Lipinski definition) is 2. The normalized spacial score (nSPS) is 8.88. The largest absolute Gasteiger partial charge is 0.340 e. The Morgan fingerprint density at radius 2 is 1.82 bits per heavy atom. The first kappa shape index (κ1) is 12.1. The zero-order chi connectivity index (χ0) is 12.8. The summed E-state index contributed by atoms with van der Waals surface area (Å²) in [5, 5.41) is 18.5. The molecule has 0 fully saturated rings. The van der Waals surface area contributed by atoms with E-state index in [1.54, 1.807) is 0 Å². The molecule has 0 aliphatic heterocycles. The molecule has 1 aromatic rings. The summed E-state index contributed by atoms with van der Waals surface area (Å²) in [6.07, 6.45) is 0. The molecule has 86 valence electrons. The fourth-order valence-electron chi connectivity index (χ4n) is 0.948. The van der Waals surface area contributed by atoms with E-state index in [1.165, 1.54) is 18.2 Å². The second-order valence-corrected chi connectivity index (χ2v) is 2.82. The minimum absolute atomic E-state index is 0.119. The molecule has 0 atom stereocenters. The molecule has 0 aliphatic carbocycles. The van der Waals surface area contributed by atoms with Gasteiger partial charge >= 0.3 is 5.91 Å². The molecule has 8 heteroatoms. The fraction of sp³-hybridized carbons (Fsp3) is 0. The highest BCUT2D eigenvalue weighted by molar-refractivity contribution is 5.97. The van der Waals surface area contributed by atoms with Crippen molar-refractivity contribution < 1.29 is 14.5 Å². The summed E-state index contributed by atoms with van der Waals surface area (Å²) < 4.78 is 0. The van der Waals surface area contributed by atoms with Gasteiger partial charge in [-0.25, -0.2) is 0 Å². The smallest absolute Gasteiger partial charge is 0.267 e. The summed E-state index contributed by atoms with van der Waals surface area (Å²) in [5.74, 6) is -1.69. The maximum atomic E-state index is 11.3. The number of carbonyl (C=O) groups excluding carboxylic acids is 2. The molecule has 0 spiro atoms. The van der Waals surface area contributed by atoms with Crippen molar-refractivity contribution in [2.75, 3.05) is 0 Å². The lowest BCUT2D eigenvalue weighted by atomic mass is 10.2. The van der Waals surface area contributed by atoms with Gasteiger partial charge in [0.1, 0.15) is 0 Å². The molecule has 0 heterocycles. The number of benzene rings is 1. The Kier molecular flexibility index (Phi) is 3.72. The van der Waals surface area contributed by atoms with Crippen LogP contribution in [0.15, 0.2) is 24.3 Å². The number of hydrogen-bond acceptors (Lipinski definition) is 5. The molecule has 0 radical (unpaired) electrons. The van der Waals surface area contributed by atoms with Crippen LogP contribution >= 0.6 is 0 Å². The van der Waals surface area contributed by atoms with Crippen LogP contribution in [-0.4, -0.2) is 16.7 Å². The van der Waals surface area contributed by atoms with E-state index in [0.717, 1.165) is 12.1 Å². The van der Waals surface area contributed by atoms with Gasteiger partial charge in [-0.15, -0.1) is 0 Å². The molecule has 0 saturated heterocycles.